The molecular weight excluding hydrogens is 260 g/mol. The molecule has 106 valence electrons. The minimum atomic E-state index is -0.00260. The maximum atomic E-state index is 12.3. The van der Waals surface area contributed by atoms with Gasteiger partial charge in [-0.05, 0) is 29.8 Å². The zero-order valence-electron chi connectivity index (χ0n) is 12.0. The van der Waals surface area contributed by atoms with E-state index in [2.05, 4.69) is 11.8 Å². The number of benzene rings is 2. The average molecular weight is 278 g/mol. The van der Waals surface area contributed by atoms with Crippen molar-refractivity contribution in [3.8, 4) is 11.8 Å². The zero-order chi connectivity index (χ0) is 15.1. The van der Waals surface area contributed by atoms with Crippen LogP contribution in [-0.2, 0) is 6.54 Å². The van der Waals surface area contributed by atoms with Gasteiger partial charge in [0.1, 0.15) is 0 Å². The lowest BCUT2D eigenvalue weighted by Gasteiger charge is -2.17. The highest BCUT2D eigenvalue weighted by Crippen LogP contribution is 2.09. The van der Waals surface area contributed by atoms with Gasteiger partial charge in [0.25, 0.3) is 5.91 Å². The summed E-state index contributed by atoms with van der Waals surface area (Å²) in [7, 11) is 1.80. The van der Waals surface area contributed by atoms with Crippen LogP contribution in [0, 0.1) is 11.8 Å². The van der Waals surface area contributed by atoms with Crippen molar-refractivity contribution in [3.05, 3.63) is 71.3 Å². The summed E-state index contributed by atoms with van der Waals surface area (Å²) in [6, 6.07) is 17.2. The fourth-order valence-corrected chi connectivity index (χ4v) is 2.00. The van der Waals surface area contributed by atoms with E-state index in [9.17, 15) is 4.79 Å². The van der Waals surface area contributed by atoms with Gasteiger partial charge in [-0.3, -0.25) is 4.79 Å². The second kappa shape index (κ2) is 7.28. The Bertz CT molecular complexity index is 651. The summed E-state index contributed by atoms with van der Waals surface area (Å²) < 4.78 is 0. The average Bonchev–Trinajstić information content (AvgIpc) is 2.53. The van der Waals surface area contributed by atoms with E-state index in [0.29, 0.717) is 18.7 Å². The minimum absolute atomic E-state index is 0.00260. The van der Waals surface area contributed by atoms with E-state index in [0.717, 1.165) is 11.1 Å². The lowest BCUT2D eigenvalue weighted by Crippen LogP contribution is -2.26. The fraction of sp³-hybridized carbons (Fsp3) is 0.167. The molecule has 0 aromatic heterocycles. The van der Waals surface area contributed by atoms with Crippen molar-refractivity contribution in [2.24, 2.45) is 5.73 Å². The van der Waals surface area contributed by atoms with Gasteiger partial charge in [0.05, 0.1) is 6.54 Å². The molecule has 0 spiro atoms. The van der Waals surface area contributed by atoms with Crippen LogP contribution >= 0.6 is 0 Å². The van der Waals surface area contributed by atoms with Gasteiger partial charge in [0.15, 0.2) is 0 Å². The topological polar surface area (TPSA) is 46.3 Å². The van der Waals surface area contributed by atoms with E-state index in [1.54, 1.807) is 24.1 Å². The summed E-state index contributed by atoms with van der Waals surface area (Å²) in [6.45, 7) is 0.925. The number of hydrogen-bond donors (Lipinski definition) is 1. The fourth-order valence-electron chi connectivity index (χ4n) is 2.00. The summed E-state index contributed by atoms with van der Waals surface area (Å²) in [4.78, 5) is 14.0. The van der Waals surface area contributed by atoms with Crippen LogP contribution in [0.2, 0.25) is 0 Å². The molecule has 21 heavy (non-hydrogen) atoms. The highest BCUT2D eigenvalue weighted by molar-refractivity contribution is 5.94. The standard InChI is InChI=1S/C18H18N2O/c1-20(14-16-6-3-2-4-7-16)18(21)17-11-9-15(10-12-17)8-5-13-19/h2-4,6-7,9-12H,13-14,19H2,1H3. The molecule has 0 aliphatic heterocycles. The number of rotatable bonds is 3. The Hall–Kier alpha value is -2.57. The van der Waals surface area contributed by atoms with E-state index in [1.807, 2.05) is 42.5 Å². The van der Waals surface area contributed by atoms with Crippen LogP contribution in [0.3, 0.4) is 0 Å². The number of nitrogens with zero attached hydrogens (tertiary/aromatic N) is 1. The summed E-state index contributed by atoms with van der Waals surface area (Å²) in [5.74, 6) is 5.73. The third kappa shape index (κ3) is 4.20. The van der Waals surface area contributed by atoms with E-state index in [-0.39, 0.29) is 5.91 Å². The maximum Gasteiger partial charge on any atom is 0.253 e. The smallest absolute Gasteiger partial charge is 0.253 e. The summed E-state index contributed by atoms with van der Waals surface area (Å²) >= 11 is 0. The van der Waals surface area contributed by atoms with E-state index in [1.165, 1.54) is 0 Å². The normalized spacial score (nSPS) is 9.62. The summed E-state index contributed by atoms with van der Waals surface area (Å²) in [5.41, 5.74) is 7.97. The predicted octanol–water partition coefficient (Wildman–Crippen LogP) is 2.27. The molecule has 2 aromatic carbocycles. The molecule has 3 nitrogen and oxygen atoms in total. The van der Waals surface area contributed by atoms with Crippen molar-refractivity contribution in [1.29, 1.82) is 0 Å². The summed E-state index contributed by atoms with van der Waals surface area (Å²) in [5, 5.41) is 0. The van der Waals surface area contributed by atoms with Gasteiger partial charge < -0.3 is 10.6 Å². The first-order valence-corrected chi connectivity index (χ1v) is 6.79. The van der Waals surface area contributed by atoms with E-state index in [4.69, 9.17) is 5.73 Å². The van der Waals surface area contributed by atoms with Crippen molar-refractivity contribution in [2.45, 2.75) is 6.54 Å². The van der Waals surface area contributed by atoms with Crippen molar-refractivity contribution >= 4 is 5.91 Å². The number of amides is 1. The van der Waals surface area contributed by atoms with Crippen molar-refractivity contribution < 1.29 is 4.79 Å². The molecule has 0 aliphatic rings. The molecule has 0 saturated carbocycles. The predicted molar refractivity (Wildman–Crippen MR) is 84.6 cm³/mol. The minimum Gasteiger partial charge on any atom is -0.337 e. The van der Waals surface area contributed by atoms with Crippen molar-refractivity contribution in [3.63, 3.8) is 0 Å². The van der Waals surface area contributed by atoms with Gasteiger partial charge in [-0.25, -0.2) is 0 Å². The van der Waals surface area contributed by atoms with Crippen molar-refractivity contribution in [1.82, 2.24) is 4.90 Å². The van der Waals surface area contributed by atoms with E-state index >= 15 is 0 Å². The quantitative estimate of drug-likeness (QED) is 0.875. The number of hydrogen-bond acceptors (Lipinski definition) is 2. The Morgan fingerprint density at radius 1 is 1.10 bits per heavy atom. The molecule has 0 saturated heterocycles. The molecule has 2 N–H and O–H groups in total. The Kier molecular flexibility index (Phi) is 5.14. The van der Waals surface area contributed by atoms with Crippen LogP contribution in [-0.4, -0.2) is 24.4 Å². The molecule has 0 heterocycles. The van der Waals surface area contributed by atoms with Gasteiger partial charge >= 0.3 is 0 Å². The molecule has 0 aliphatic carbocycles. The first-order valence-electron chi connectivity index (χ1n) is 6.79. The van der Waals surface area contributed by atoms with Crippen molar-refractivity contribution in [2.75, 3.05) is 13.6 Å². The van der Waals surface area contributed by atoms with Crippen LogP contribution < -0.4 is 5.73 Å². The third-order valence-corrected chi connectivity index (χ3v) is 3.08. The lowest BCUT2D eigenvalue weighted by atomic mass is 10.1. The molecule has 3 heteroatoms. The first-order chi connectivity index (χ1) is 10.2. The Morgan fingerprint density at radius 2 is 1.76 bits per heavy atom. The number of nitrogens with two attached hydrogens (primary N) is 1. The highest BCUT2D eigenvalue weighted by atomic mass is 16.2. The zero-order valence-corrected chi connectivity index (χ0v) is 12.0. The monoisotopic (exact) mass is 278 g/mol. The Labute approximate surface area is 125 Å². The van der Waals surface area contributed by atoms with Crippen LogP contribution in [0.15, 0.2) is 54.6 Å². The molecule has 0 fully saturated rings. The van der Waals surface area contributed by atoms with Crippen LogP contribution in [0.1, 0.15) is 21.5 Å². The van der Waals surface area contributed by atoms with Gasteiger partial charge in [0, 0.05) is 24.7 Å². The Morgan fingerprint density at radius 3 is 2.38 bits per heavy atom. The molecule has 0 unspecified atom stereocenters. The van der Waals surface area contributed by atoms with Crippen LogP contribution in [0.4, 0.5) is 0 Å². The third-order valence-electron chi connectivity index (χ3n) is 3.08. The molecule has 1 amide bonds. The van der Waals surface area contributed by atoms with E-state index < -0.39 is 0 Å². The molecular formula is C18H18N2O. The van der Waals surface area contributed by atoms with Gasteiger partial charge in [0.2, 0.25) is 0 Å². The highest BCUT2D eigenvalue weighted by Gasteiger charge is 2.11. The second-order valence-electron chi connectivity index (χ2n) is 4.73. The summed E-state index contributed by atoms with van der Waals surface area (Å²) in [6.07, 6.45) is 0. The molecule has 0 bridgehead atoms. The van der Waals surface area contributed by atoms with Gasteiger partial charge in [-0.1, -0.05) is 42.2 Å². The molecule has 2 rings (SSSR count). The van der Waals surface area contributed by atoms with Crippen LogP contribution in [0.5, 0.6) is 0 Å². The van der Waals surface area contributed by atoms with Gasteiger partial charge in [-0.15, -0.1) is 0 Å². The maximum absolute atomic E-state index is 12.3. The van der Waals surface area contributed by atoms with Crippen LogP contribution in [0.25, 0.3) is 0 Å². The first kappa shape index (κ1) is 14.8. The molecule has 0 atom stereocenters. The van der Waals surface area contributed by atoms with Gasteiger partial charge in [-0.2, -0.15) is 0 Å². The second-order valence-corrected chi connectivity index (χ2v) is 4.73. The SMILES string of the molecule is CN(Cc1ccccc1)C(=O)c1ccc(C#CCN)cc1. The number of carbonyl (C=O) groups excluding carboxylic acids is 1. The lowest BCUT2D eigenvalue weighted by molar-refractivity contribution is 0.0785. The largest absolute Gasteiger partial charge is 0.337 e. The number of carbonyl (C=O) groups is 1. The Balaban J connectivity index is 2.05. The molecule has 2 aromatic rings. The molecule has 0 radical (unpaired) electrons.